The number of nitrogens with zero attached hydrogens (tertiary/aromatic N) is 2. The molecule has 1 unspecified atom stereocenters. The molecule has 0 spiro atoms. The van der Waals surface area contributed by atoms with E-state index in [-0.39, 0.29) is 11.8 Å². The van der Waals surface area contributed by atoms with Crippen molar-refractivity contribution in [1.29, 1.82) is 5.26 Å². The second-order valence-corrected chi connectivity index (χ2v) is 7.64. The van der Waals surface area contributed by atoms with Crippen molar-refractivity contribution in [3.05, 3.63) is 35.4 Å². The van der Waals surface area contributed by atoms with Gasteiger partial charge >= 0.3 is 0 Å². The van der Waals surface area contributed by atoms with Gasteiger partial charge in [-0.2, -0.15) is 5.26 Å². The van der Waals surface area contributed by atoms with Gasteiger partial charge in [-0.1, -0.05) is 31.4 Å². The van der Waals surface area contributed by atoms with Gasteiger partial charge in [0, 0.05) is 25.6 Å². The molecule has 1 aromatic rings. The molecule has 0 radical (unpaired) electrons. The van der Waals surface area contributed by atoms with Gasteiger partial charge in [-0.05, 0) is 55.8 Å². The first-order valence-corrected chi connectivity index (χ1v) is 9.73. The summed E-state index contributed by atoms with van der Waals surface area (Å²) >= 11 is 0. The van der Waals surface area contributed by atoms with Crippen molar-refractivity contribution in [2.24, 2.45) is 11.8 Å². The van der Waals surface area contributed by atoms with Crippen molar-refractivity contribution in [2.75, 3.05) is 19.6 Å². The normalized spacial score (nSPS) is 22.3. The van der Waals surface area contributed by atoms with E-state index in [1.54, 1.807) is 0 Å². The van der Waals surface area contributed by atoms with E-state index in [0.29, 0.717) is 5.92 Å². The number of hydrogen-bond acceptors (Lipinski definition) is 3. The molecule has 1 aromatic carbocycles. The monoisotopic (exact) mass is 339 g/mol. The van der Waals surface area contributed by atoms with Crippen LogP contribution in [-0.2, 0) is 11.3 Å². The van der Waals surface area contributed by atoms with Crippen LogP contribution in [-0.4, -0.2) is 30.4 Å². The average molecular weight is 339 g/mol. The van der Waals surface area contributed by atoms with Crippen LogP contribution in [0.1, 0.15) is 56.1 Å². The number of carbonyl (C=O) groups is 1. The highest BCUT2D eigenvalue weighted by Crippen LogP contribution is 2.24. The lowest BCUT2D eigenvalue weighted by atomic mass is 9.88. The highest BCUT2D eigenvalue weighted by atomic mass is 16.1. The quantitative estimate of drug-likeness (QED) is 0.894. The summed E-state index contributed by atoms with van der Waals surface area (Å²) in [6.45, 7) is 3.83. The second kappa shape index (κ2) is 9.01. The van der Waals surface area contributed by atoms with E-state index in [2.05, 4.69) is 22.4 Å². The largest absolute Gasteiger partial charge is 0.356 e. The van der Waals surface area contributed by atoms with Crippen molar-refractivity contribution in [3.8, 4) is 6.07 Å². The SMILES string of the molecule is N#Cc1cccc(CN2CCCC(CNC(=O)C3CCCCC3)C2)c1. The van der Waals surface area contributed by atoms with Crippen LogP contribution in [0.2, 0.25) is 0 Å². The number of nitriles is 1. The van der Waals surface area contributed by atoms with Gasteiger partial charge in [-0.3, -0.25) is 9.69 Å². The molecule has 1 saturated carbocycles. The zero-order valence-corrected chi connectivity index (χ0v) is 15.0. The van der Waals surface area contributed by atoms with Crippen molar-refractivity contribution in [2.45, 2.75) is 51.5 Å². The van der Waals surface area contributed by atoms with Crippen LogP contribution < -0.4 is 5.32 Å². The van der Waals surface area contributed by atoms with Gasteiger partial charge in [-0.15, -0.1) is 0 Å². The van der Waals surface area contributed by atoms with Gasteiger partial charge in [0.15, 0.2) is 0 Å². The molecule has 1 aliphatic heterocycles. The van der Waals surface area contributed by atoms with Crippen molar-refractivity contribution < 1.29 is 4.79 Å². The molecule has 1 atom stereocenters. The number of nitrogens with one attached hydrogen (secondary N) is 1. The number of amides is 1. The Morgan fingerprint density at radius 3 is 2.84 bits per heavy atom. The second-order valence-electron chi connectivity index (χ2n) is 7.64. The fraction of sp³-hybridized carbons (Fsp3) is 0.619. The first-order chi connectivity index (χ1) is 12.2. The molecule has 2 fully saturated rings. The summed E-state index contributed by atoms with van der Waals surface area (Å²) in [6.07, 6.45) is 8.21. The van der Waals surface area contributed by atoms with E-state index < -0.39 is 0 Å². The molecule has 1 N–H and O–H groups in total. The number of benzene rings is 1. The Morgan fingerprint density at radius 1 is 1.20 bits per heavy atom. The third kappa shape index (κ3) is 5.31. The van der Waals surface area contributed by atoms with Gasteiger partial charge in [0.25, 0.3) is 0 Å². The topological polar surface area (TPSA) is 56.1 Å². The van der Waals surface area contributed by atoms with E-state index in [9.17, 15) is 4.79 Å². The predicted molar refractivity (Wildman–Crippen MR) is 98.7 cm³/mol. The van der Waals surface area contributed by atoms with Crippen molar-refractivity contribution >= 4 is 5.91 Å². The lowest BCUT2D eigenvalue weighted by Gasteiger charge is -2.33. The molecule has 0 aromatic heterocycles. The molecule has 1 amide bonds. The predicted octanol–water partition coefficient (Wildman–Crippen LogP) is 3.47. The summed E-state index contributed by atoms with van der Waals surface area (Å²) in [4.78, 5) is 14.8. The molecule has 4 nitrogen and oxygen atoms in total. The lowest BCUT2D eigenvalue weighted by molar-refractivity contribution is -0.126. The average Bonchev–Trinajstić information content (AvgIpc) is 2.67. The number of rotatable bonds is 5. The Balaban J connectivity index is 1.46. The van der Waals surface area contributed by atoms with Crippen LogP contribution in [0.4, 0.5) is 0 Å². The van der Waals surface area contributed by atoms with Crippen molar-refractivity contribution in [1.82, 2.24) is 10.2 Å². The van der Waals surface area contributed by atoms with E-state index in [1.807, 2.05) is 18.2 Å². The van der Waals surface area contributed by atoms with Crippen LogP contribution in [0.25, 0.3) is 0 Å². The maximum absolute atomic E-state index is 12.3. The highest BCUT2D eigenvalue weighted by Gasteiger charge is 2.24. The highest BCUT2D eigenvalue weighted by molar-refractivity contribution is 5.78. The standard InChI is InChI=1S/C21H29N3O/c22-13-17-6-4-7-18(12-17)15-24-11-5-8-19(16-24)14-23-21(25)20-9-2-1-3-10-20/h4,6-7,12,19-20H,1-3,5,8-11,14-16H2,(H,23,25). The minimum absolute atomic E-state index is 0.252. The first kappa shape index (κ1) is 17.9. The fourth-order valence-electron chi connectivity index (χ4n) is 4.21. The Hall–Kier alpha value is -1.86. The Morgan fingerprint density at radius 2 is 2.04 bits per heavy atom. The fourth-order valence-corrected chi connectivity index (χ4v) is 4.21. The maximum atomic E-state index is 12.3. The summed E-state index contributed by atoms with van der Waals surface area (Å²) in [5, 5.41) is 12.3. The zero-order valence-electron chi connectivity index (χ0n) is 15.0. The Labute approximate surface area is 151 Å². The molecule has 1 heterocycles. The van der Waals surface area contributed by atoms with Crippen molar-refractivity contribution in [3.63, 3.8) is 0 Å². The smallest absolute Gasteiger partial charge is 0.223 e. The molecule has 25 heavy (non-hydrogen) atoms. The molecule has 1 aliphatic carbocycles. The zero-order chi connectivity index (χ0) is 17.5. The van der Waals surface area contributed by atoms with Crippen LogP contribution in [0.5, 0.6) is 0 Å². The summed E-state index contributed by atoms with van der Waals surface area (Å²) < 4.78 is 0. The van der Waals surface area contributed by atoms with E-state index in [1.165, 1.54) is 37.7 Å². The number of likely N-dealkylation sites (tertiary alicyclic amines) is 1. The molecule has 2 aliphatic rings. The van der Waals surface area contributed by atoms with E-state index in [4.69, 9.17) is 5.26 Å². The van der Waals surface area contributed by atoms with Crippen LogP contribution >= 0.6 is 0 Å². The molecule has 3 rings (SSSR count). The van der Waals surface area contributed by atoms with Crippen LogP contribution in [0, 0.1) is 23.2 Å². The Kier molecular flexibility index (Phi) is 6.47. The van der Waals surface area contributed by atoms with Gasteiger partial charge < -0.3 is 5.32 Å². The van der Waals surface area contributed by atoms with Crippen LogP contribution in [0.3, 0.4) is 0 Å². The van der Waals surface area contributed by atoms with Gasteiger partial charge in [0.1, 0.15) is 0 Å². The van der Waals surface area contributed by atoms with Crippen LogP contribution in [0.15, 0.2) is 24.3 Å². The summed E-state index contributed by atoms with van der Waals surface area (Å²) in [5.74, 6) is 1.07. The number of carbonyl (C=O) groups excluding carboxylic acids is 1. The molecular weight excluding hydrogens is 310 g/mol. The minimum atomic E-state index is 0.252. The maximum Gasteiger partial charge on any atom is 0.223 e. The summed E-state index contributed by atoms with van der Waals surface area (Å²) in [5.41, 5.74) is 1.93. The molecular formula is C21H29N3O. The molecule has 1 saturated heterocycles. The number of piperidine rings is 1. The first-order valence-electron chi connectivity index (χ1n) is 9.73. The van der Waals surface area contributed by atoms with E-state index in [0.717, 1.165) is 44.6 Å². The summed E-state index contributed by atoms with van der Waals surface area (Å²) in [7, 11) is 0. The third-order valence-electron chi connectivity index (χ3n) is 5.61. The summed E-state index contributed by atoms with van der Waals surface area (Å²) in [6, 6.07) is 10.1. The molecule has 0 bridgehead atoms. The molecule has 134 valence electrons. The minimum Gasteiger partial charge on any atom is -0.356 e. The van der Waals surface area contributed by atoms with Gasteiger partial charge in [0.2, 0.25) is 5.91 Å². The molecule has 4 heteroatoms. The lowest BCUT2D eigenvalue weighted by Crippen LogP contribution is -2.42. The van der Waals surface area contributed by atoms with Gasteiger partial charge in [0.05, 0.1) is 11.6 Å². The third-order valence-corrected chi connectivity index (χ3v) is 5.61. The number of hydrogen-bond donors (Lipinski definition) is 1. The Bertz CT molecular complexity index is 616. The van der Waals surface area contributed by atoms with E-state index >= 15 is 0 Å². The van der Waals surface area contributed by atoms with Gasteiger partial charge in [-0.25, -0.2) is 0 Å².